The Hall–Kier alpha value is -1.52. The van der Waals surface area contributed by atoms with E-state index in [-0.39, 0.29) is 6.61 Å². The predicted molar refractivity (Wildman–Crippen MR) is 46.2 cm³/mol. The molecule has 1 amide bonds. The Labute approximate surface area is 76.2 Å². The van der Waals surface area contributed by atoms with Crippen LogP contribution in [-0.2, 0) is 9.53 Å². The molecule has 5 heteroatoms. The van der Waals surface area contributed by atoms with Crippen molar-refractivity contribution in [3.05, 3.63) is 11.6 Å². The minimum absolute atomic E-state index is 0.221. The van der Waals surface area contributed by atoms with Gasteiger partial charge in [0, 0.05) is 5.57 Å². The number of carbonyl (C=O) groups is 2. The summed E-state index contributed by atoms with van der Waals surface area (Å²) in [4.78, 5) is 20.4. The van der Waals surface area contributed by atoms with E-state index in [0.29, 0.717) is 18.4 Å². The van der Waals surface area contributed by atoms with Crippen LogP contribution in [0.3, 0.4) is 0 Å². The van der Waals surface area contributed by atoms with Gasteiger partial charge >= 0.3 is 12.1 Å². The molecule has 0 aliphatic carbocycles. The molecule has 0 aromatic heterocycles. The molecule has 0 fully saturated rings. The summed E-state index contributed by atoms with van der Waals surface area (Å²) in [5, 5.41) is 8.45. The van der Waals surface area contributed by atoms with Gasteiger partial charge in [-0.2, -0.15) is 0 Å². The molecule has 0 spiro atoms. The van der Waals surface area contributed by atoms with Gasteiger partial charge < -0.3 is 15.6 Å². The van der Waals surface area contributed by atoms with Crippen LogP contribution >= 0.6 is 0 Å². The zero-order valence-corrected chi connectivity index (χ0v) is 7.45. The molecule has 0 saturated carbocycles. The molecule has 0 unspecified atom stereocenters. The second-order valence-corrected chi connectivity index (χ2v) is 2.50. The average Bonchev–Trinajstić information content (AvgIpc) is 2.02. The van der Waals surface area contributed by atoms with Crippen LogP contribution in [0, 0.1) is 0 Å². The lowest BCUT2D eigenvalue weighted by molar-refractivity contribution is -0.132. The third-order valence-electron chi connectivity index (χ3n) is 1.38. The van der Waals surface area contributed by atoms with Crippen LogP contribution in [0.5, 0.6) is 0 Å². The van der Waals surface area contributed by atoms with Crippen LogP contribution in [0.25, 0.3) is 0 Å². The molecule has 0 bridgehead atoms. The van der Waals surface area contributed by atoms with E-state index in [2.05, 4.69) is 4.74 Å². The Balaban J connectivity index is 3.50. The monoisotopic (exact) mass is 187 g/mol. The fourth-order valence-corrected chi connectivity index (χ4v) is 0.662. The normalized spacial score (nSPS) is 11.0. The topological polar surface area (TPSA) is 89.6 Å². The van der Waals surface area contributed by atoms with Crippen LogP contribution in [0.2, 0.25) is 0 Å². The Morgan fingerprint density at radius 1 is 1.54 bits per heavy atom. The van der Waals surface area contributed by atoms with E-state index in [1.165, 1.54) is 6.92 Å². The average molecular weight is 187 g/mol. The highest BCUT2D eigenvalue weighted by Gasteiger charge is 1.98. The Bertz CT molecular complexity index is 222. The maximum atomic E-state index is 10.3. The lowest BCUT2D eigenvalue weighted by Gasteiger charge is -1.98. The molecular formula is C8H13NO4. The summed E-state index contributed by atoms with van der Waals surface area (Å²) < 4.78 is 4.45. The van der Waals surface area contributed by atoms with Crippen LogP contribution in [0.15, 0.2) is 11.6 Å². The number of primary amides is 1. The molecule has 0 heterocycles. The Morgan fingerprint density at radius 2 is 2.15 bits per heavy atom. The van der Waals surface area contributed by atoms with E-state index in [9.17, 15) is 9.59 Å². The summed E-state index contributed by atoms with van der Waals surface area (Å²) in [7, 11) is 0. The zero-order chi connectivity index (χ0) is 10.3. The van der Waals surface area contributed by atoms with Crippen molar-refractivity contribution in [1.29, 1.82) is 0 Å². The number of allylic oxidation sites excluding steroid dienone is 1. The summed E-state index contributed by atoms with van der Waals surface area (Å²) in [6.45, 7) is 1.73. The number of nitrogens with two attached hydrogens (primary N) is 1. The summed E-state index contributed by atoms with van der Waals surface area (Å²) in [6, 6.07) is 0. The third kappa shape index (κ3) is 6.86. The van der Waals surface area contributed by atoms with Gasteiger partial charge in [0.25, 0.3) is 0 Å². The van der Waals surface area contributed by atoms with Gasteiger partial charge in [0.15, 0.2) is 0 Å². The quantitative estimate of drug-likeness (QED) is 0.494. The molecule has 5 nitrogen and oxygen atoms in total. The zero-order valence-electron chi connectivity index (χ0n) is 7.45. The first-order chi connectivity index (χ1) is 6.04. The van der Waals surface area contributed by atoms with Crippen molar-refractivity contribution in [3.8, 4) is 0 Å². The highest BCUT2D eigenvalue weighted by atomic mass is 16.5. The van der Waals surface area contributed by atoms with E-state index >= 15 is 0 Å². The number of ether oxygens (including phenoxy) is 1. The highest BCUT2D eigenvalue weighted by Crippen LogP contribution is 1.98. The molecule has 13 heavy (non-hydrogen) atoms. The minimum atomic E-state index is -0.934. The molecule has 0 aliphatic heterocycles. The third-order valence-corrected chi connectivity index (χ3v) is 1.38. The molecule has 0 aromatic carbocycles. The lowest BCUT2D eigenvalue weighted by Crippen LogP contribution is -2.13. The number of hydrogen-bond donors (Lipinski definition) is 2. The van der Waals surface area contributed by atoms with Crippen molar-refractivity contribution in [3.63, 3.8) is 0 Å². The number of aliphatic carboxylic acids is 1. The maximum Gasteiger partial charge on any atom is 0.404 e. The number of unbranched alkanes of at least 4 members (excludes halogenated alkanes) is 1. The summed E-state index contributed by atoms with van der Waals surface area (Å²) >= 11 is 0. The largest absolute Gasteiger partial charge is 0.478 e. The van der Waals surface area contributed by atoms with Crippen molar-refractivity contribution >= 4 is 12.1 Å². The van der Waals surface area contributed by atoms with Crippen molar-refractivity contribution in [1.82, 2.24) is 0 Å². The molecule has 0 atom stereocenters. The Morgan fingerprint density at radius 3 is 2.62 bits per heavy atom. The first-order valence-electron chi connectivity index (χ1n) is 3.86. The molecular weight excluding hydrogens is 174 g/mol. The van der Waals surface area contributed by atoms with Crippen molar-refractivity contribution in [2.45, 2.75) is 19.8 Å². The predicted octanol–water partition coefficient (Wildman–Crippen LogP) is 0.893. The minimum Gasteiger partial charge on any atom is -0.478 e. The molecule has 74 valence electrons. The lowest BCUT2D eigenvalue weighted by atomic mass is 10.2. The SMILES string of the molecule is CC(=CCCCOC(N)=O)C(=O)O. The fourth-order valence-electron chi connectivity index (χ4n) is 0.662. The van der Waals surface area contributed by atoms with Gasteiger partial charge in [-0.3, -0.25) is 0 Å². The van der Waals surface area contributed by atoms with Gasteiger partial charge in [-0.05, 0) is 19.8 Å². The molecule has 0 rings (SSSR count). The van der Waals surface area contributed by atoms with E-state index in [1.807, 2.05) is 0 Å². The van der Waals surface area contributed by atoms with Crippen LogP contribution in [-0.4, -0.2) is 23.8 Å². The second kappa shape index (κ2) is 6.05. The van der Waals surface area contributed by atoms with Crippen LogP contribution in [0.4, 0.5) is 4.79 Å². The van der Waals surface area contributed by atoms with Gasteiger partial charge in [0.2, 0.25) is 0 Å². The molecule has 0 aliphatic rings. The highest BCUT2D eigenvalue weighted by molar-refractivity contribution is 5.85. The van der Waals surface area contributed by atoms with E-state index in [4.69, 9.17) is 10.8 Å². The Kier molecular flexibility index (Phi) is 5.34. The standard InChI is InChI=1S/C8H13NO4/c1-6(7(10)11)4-2-3-5-13-8(9)12/h4H,2-3,5H2,1H3,(H2,9,12)(H,10,11). The summed E-state index contributed by atoms with van der Waals surface area (Å²) in [5.41, 5.74) is 5.00. The number of carbonyl (C=O) groups excluding carboxylic acids is 1. The smallest absolute Gasteiger partial charge is 0.404 e. The number of carboxylic acid groups (broad SMARTS) is 1. The van der Waals surface area contributed by atoms with Crippen molar-refractivity contribution in [2.24, 2.45) is 5.73 Å². The first-order valence-corrected chi connectivity index (χ1v) is 3.86. The van der Waals surface area contributed by atoms with Gasteiger partial charge in [-0.25, -0.2) is 9.59 Å². The number of rotatable bonds is 5. The van der Waals surface area contributed by atoms with E-state index in [0.717, 1.165) is 0 Å². The summed E-state index contributed by atoms with van der Waals surface area (Å²) in [5.74, 6) is -0.934. The van der Waals surface area contributed by atoms with Gasteiger partial charge in [0.1, 0.15) is 0 Å². The van der Waals surface area contributed by atoms with Gasteiger partial charge in [0.05, 0.1) is 6.61 Å². The first kappa shape index (κ1) is 11.5. The van der Waals surface area contributed by atoms with Gasteiger partial charge in [-0.15, -0.1) is 0 Å². The van der Waals surface area contributed by atoms with Crippen LogP contribution < -0.4 is 5.73 Å². The van der Waals surface area contributed by atoms with E-state index in [1.54, 1.807) is 6.08 Å². The number of amides is 1. The van der Waals surface area contributed by atoms with Crippen molar-refractivity contribution in [2.75, 3.05) is 6.61 Å². The fraction of sp³-hybridized carbons (Fsp3) is 0.500. The van der Waals surface area contributed by atoms with Crippen LogP contribution in [0.1, 0.15) is 19.8 Å². The molecule has 0 radical (unpaired) electrons. The number of hydrogen-bond acceptors (Lipinski definition) is 3. The number of carboxylic acids is 1. The molecule has 0 saturated heterocycles. The second-order valence-electron chi connectivity index (χ2n) is 2.50. The summed E-state index contributed by atoms with van der Waals surface area (Å²) in [6.07, 6.45) is 1.91. The van der Waals surface area contributed by atoms with E-state index < -0.39 is 12.1 Å². The molecule has 3 N–H and O–H groups in total. The maximum absolute atomic E-state index is 10.3. The van der Waals surface area contributed by atoms with Crippen molar-refractivity contribution < 1.29 is 19.4 Å². The van der Waals surface area contributed by atoms with Gasteiger partial charge in [-0.1, -0.05) is 6.08 Å². The molecule has 0 aromatic rings.